The number of anilines is 1. The molecule has 0 heterocycles. The lowest BCUT2D eigenvalue weighted by Crippen LogP contribution is -2.29. The number of sulfonamides is 2. The zero-order valence-electron chi connectivity index (χ0n) is 11.0. The zero-order chi connectivity index (χ0) is 17.1. The molecule has 1 aromatic rings. The molecule has 12 heteroatoms. The van der Waals surface area contributed by atoms with Crippen LogP contribution >= 0.6 is 23.8 Å². The first-order chi connectivity index (χ1) is 9.96. The van der Waals surface area contributed by atoms with E-state index >= 15 is 0 Å². The lowest BCUT2D eigenvalue weighted by molar-refractivity contribution is 0.596. The Labute approximate surface area is 138 Å². The van der Waals surface area contributed by atoms with Gasteiger partial charge in [-0.05, 0) is 24.4 Å². The molecule has 22 heavy (non-hydrogen) atoms. The summed E-state index contributed by atoms with van der Waals surface area (Å²) >= 11 is 10.8. The van der Waals surface area contributed by atoms with Gasteiger partial charge >= 0.3 is 0 Å². The van der Waals surface area contributed by atoms with Crippen LogP contribution in [0.25, 0.3) is 0 Å². The van der Waals surface area contributed by atoms with Crippen LogP contribution in [-0.4, -0.2) is 28.5 Å². The molecule has 0 aromatic heterocycles. The van der Waals surface area contributed by atoms with E-state index in [9.17, 15) is 16.8 Å². The Morgan fingerprint density at radius 1 is 1.23 bits per heavy atom. The maximum Gasteiger partial charge on any atom is 0.240 e. The molecular weight excluding hydrogens is 372 g/mol. The first-order valence-electron chi connectivity index (χ1n) is 5.51. The topological polar surface area (TPSA) is 144 Å². The van der Waals surface area contributed by atoms with Crippen molar-refractivity contribution in [3.63, 3.8) is 0 Å². The molecule has 0 spiro atoms. The van der Waals surface area contributed by atoms with Crippen molar-refractivity contribution in [1.29, 1.82) is 0 Å². The lowest BCUT2D eigenvalue weighted by atomic mass is 10.3. The number of benzene rings is 1. The van der Waals surface area contributed by atoms with Crippen LogP contribution in [0.4, 0.5) is 5.69 Å². The highest BCUT2D eigenvalue weighted by Crippen LogP contribution is 2.30. The Balaban J connectivity index is 3.42. The van der Waals surface area contributed by atoms with Gasteiger partial charge in [-0.25, -0.2) is 27.1 Å². The molecule has 0 aliphatic carbocycles. The molecule has 0 bridgehead atoms. The average molecular weight is 385 g/mol. The van der Waals surface area contributed by atoms with Crippen molar-refractivity contribution in [3.05, 3.63) is 29.8 Å². The predicted molar refractivity (Wildman–Crippen MR) is 88.6 cm³/mol. The molecule has 122 valence electrons. The standard InChI is InChI=1S/C10H13ClN4O4S3/c1-2-3-14-10(20)15-7-4-6(11)8(21(12,16)17)5-9(7)22(13,18)19/h2,4-5H,1,3H2,(H2,12,16,17)(H2,13,18,19)(H2,14,15,20). The van der Waals surface area contributed by atoms with Crippen LogP contribution in [0.15, 0.2) is 34.6 Å². The summed E-state index contributed by atoms with van der Waals surface area (Å²) in [6, 6.07) is 1.83. The second-order valence-electron chi connectivity index (χ2n) is 3.99. The quantitative estimate of drug-likeness (QED) is 0.416. The summed E-state index contributed by atoms with van der Waals surface area (Å²) in [4.78, 5) is -1.07. The van der Waals surface area contributed by atoms with Crippen LogP contribution < -0.4 is 20.9 Å². The van der Waals surface area contributed by atoms with E-state index in [1.807, 2.05) is 0 Å². The van der Waals surface area contributed by atoms with Crippen molar-refractivity contribution in [3.8, 4) is 0 Å². The minimum absolute atomic E-state index is 0.0734. The monoisotopic (exact) mass is 384 g/mol. The highest BCUT2D eigenvalue weighted by Gasteiger charge is 2.22. The first kappa shape index (κ1) is 18.8. The van der Waals surface area contributed by atoms with E-state index < -0.39 is 29.8 Å². The molecule has 8 nitrogen and oxygen atoms in total. The molecule has 0 unspecified atom stereocenters. The van der Waals surface area contributed by atoms with Gasteiger partial charge in [0.1, 0.15) is 9.79 Å². The Bertz CT molecular complexity index is 821. The van der Waals surface area contributed by atoms with Crippen LogP contribution in [0.2, 0.25) is 5.02 Å². The van der Waals surface area contributed by atoms with Gasteiger partial charge in [0.05, 0.1) is 10.7 Å². The van der Waals surface area contributed by atoms with E-state index in [4.69, 9.17) is 34.1 Å². The van der Waals surface area contributed by atoms with Gasteiger partial charge in [-0.3, -0.25) is 0 Å². The number of hydrogen-bond donors (Lipinski definition) is 4. The van der Waals surface area contributed by atoms with Crippen molar-refractivity contribution in [2.24, 2.45) is 10.3 Å². The Morgan fingerprint density at radius 2 is 1.77 bits per heavy atom. The first-order valence-corrected chi connectivity index (χ1v) is 9.39. The molecule has 0 saturated heterocycles. The summed E-state index contributed by atoms with van der Waals surface area (Å²) in [5.74, 6) is 0. The van der Waals surface area contributed by atoms with Crippen LogP contribution in [0.1, 0.15) is 0 Å². The molecule has 1 rings (SSSR count). The van der Waals surface area contributed by atoms with Gasteiger partial charge in [-0.15, -0.1) is 6.58 Å². The Morgan fingerprint density at radius 3 is 2.23 bits per heavy atom. The fourth-order valence-corrected chi connectivity index (χ4v) is 3.48. The van der Waals surface area contributed by atoms with E-state index in [2.05, 4.69) is 17.2 Å². The van der Waals surface area contributed by atoms with E-state index in [1.54, 1.807) is 0 Å². The van der Waals surface area contributed by atoms with Gasteiger partial charge in [0, 0.05) is 6.54 Å². The number of nitrogens with two attached hydrogens (primary N) is 2. The van der Waals surface area contributed by atoms with Gasteiger partial charge in [-0.1, -0.05) is 17.7 Å². The average Bonchev–Trinajstić information content (AvgIpc) is 2.33. The highest BCUT2D eigenvalue weighted by molar-refractivity contribution is 7.90. The van der Waals surface area contributed by atoms with Crippen molar-refractivity contribution in [2.45, 2.75) is 9.79 Å². The summed E-state index contributed by atoms with van der Waals surface area (Å²) in [6.45, 7) is 3.81. The van der Waals surface area contributed by atoms with Crippen LogP contribution in [0.3, 0.4) is 0 Å². The largest absolute Gasteiger partial charge is 0.359 e. The number of hydrogen-bond acceptors (Lipinski definition) is 5. The second-order valence-corrected chi connectivity index (χ2v) is 7.87. The maximum absolute atomic E-state index is 11.6. The molecule has 0 aliphatic heterocycles. The Hall–Kier alpha value is -1.24. The summed E-state index contributed by atoms with van der Waals surface area (Å²) < 4.78 is 46.0. The van der Waals surface area contributed by atoms with Crippen molar-refractivity contribution >= 4 is 54.7 Å². The van der Waals surface area contributed by atoms with Crippen molar-refractivity contribution < 1.29 is 16.8 Å². The second kappa shape index (κ2) is 6.89. The number of primary sulfonamides is 2. The van der Waals surface area contributed by atoms with E-state index in [0.29, 0.717) is 6.54 Å². The molecule has 0 amide bonds. The third kappa shape index (κ3) is 4.90. The fourth-order valence-electron chi connectivity index (χ4n) is 1.42. The summed E-state index contributed by atoms with van der Waals surface area (Å²) in [7, 11) is -8.46. The molecule has 0 saturated carbocycles. The minimum Gasteiger partial charge on any atom is -0.359 e. The smallest absolute Gasteiger partial charge is 0.240 e. The summed E-state index contributed by atoms with van der Waals surface area (Å²) in [6.07, 6.45) is 1.53. The van der Waals surface area contributed by atoms with Gasteiger partial charge in [0.2, 0.25) is 20.0 Å². The molecule has 0 fully saturated rings. The summed E-state index contributed by atoms with van der Waals surface area (Å²) in [5.41, 5.74) is -0.0820. The Kier molecular flexibility index (Phi) is 5.89. The number of halogens is 1. The lowest BCUT2D eigenvalue weighted by Gasteiger charge is -2.14. The molecule has 1 aromatic carbocycles. The number of rotatable bonds is 5. The van der Waals surface area contributed by atoms with Gasteiger partial charge in [0.25, 0.3) is 0 Å². The molecule has 6 N–H and O–H groups in total. The third-order valence-electron chi connectivity index (χ3n) is 2.30. The predicted octanol–water partition coefficient (Wildman–Crippen LogP) is 0.107. The summed E-state index contributed by atoms with van der Waals surface area (Å²) in [5, 5.41) is 15.1. The molecule has 0 atom stereocenters. The number of nitrogens with one attached hydrogen (secondary N) is 2. The highest BCUT2D eigenvalue weighted by atomic mass is 35.5. The molecule has 0 radical (unpaired) electrons. The maximum atomic E-state index is 11.6. The zero-order valence-corrected chi connectivity index (χ0v) is 14.2. The van der Waals surface area contributed by atoms with Crippen molar-refractivity contribution in [1.82, 2.24) is 5.32 Å². The van der Waals surface area contributed by atoms with Crippen LogP contribution in [0.5, 0.6) is 0 Å². The molecule has 0 aliphatic rings. The normalized spacial score (nSPS) is 11.8. The van der Waals surface area contributed by atoms with E-state index in [-0.39, 0.29) is 15.8 Å². The van der Waals surface area contributed by atoms with Crippen LogP contribution in [-0.2, 0) is 20.0 Å². The van der Waals surface area contributed by atoms with Crippen LogP contribution in [0, 0.1) is 0 Å². The fraction of sp³-hybridized carbons (Fsp3) is 0.100. The van der Waals surface area contributed by atoms with Gasteiger partial charge in [-0.2, -0.15) is 0 Å². The molecular formula is C10H13ClN4O4S3. The third-order valence-corrected chi connectivity index (χ3v) is 4.88. The van der Waals surface area contributed by atoms with Gasteiger partial charge < -0.3 is 10.6 Å². The SMILES string of the molecule is C=CCNC(=S)Nc1cc(Cl)c(S(N)(=O)=O)cc1S(N)(=O)=O. The van der Waals surface area contributed by atoms with Crippen molar-refractivity contribution in [2.75, 3.05) is 11.9 Å². The number of thiocarbonyl (C=S) groups is 1. The van der Waals surface area contributed by atoms with E-state index in [0.717, 1.165) is 12.1 Å². The van der Waals surface area contributed by atoms with Gasteiger partial charge in [0.15, 0.2) is 5.11 Å². The minimum atomic E-state index is -4.25. The van der Waals surface area contributed by atoms with E-state index in [1.165, 1.54) is 6.08 Å².